The first kappa shape index (κ1) is 23.8. The number of aliphatic hydroxyl groups excluding tert-OH is 2. The number of amides is 3. The Morgan fingerprint density at radius 3 is 2.21 bits per heavy atom. The number of hydrogen-bond acceptors (Lipinski definition) is 7. The number of aliphatic hydroxyl groups is 2. The maximum absolute atomic E-state index is 12.7. The van der Waals surface area contributed by atoms with Gasteiger partial charge < -0.3 is 36.6 Å². The van der Waals surface area contributed by atoms with Crippen molar-refractivity contribution in [3.63, 3.8) is 0 Å². The van der Waals surface area contributed by atoms with E-state index < -0.39 is 61.1 Å². The molecule has 0 bridgehead atoms. The minimum absolute atomic E-state index is 0.171. The molecule has 1 heterocycles. The summed E-state index contributed by atoms with van der Waals surface area (Å²) in [5.41, 5.74) is 5.79. The van der Waals surface area contributed by atoms with Gasteiger partial charge in [0.1, 0.15) is 18.1 Å². The first-order valence-electron chi connectivity index (χ1n) is 9.23. The molecule has 0 aliphatic carbocycles. The van der Waals surface area contributed by atoms with Crippen LogP contribution in [0.5, 0.6) is 0 Å². The van der Waals surface area contributed by atoms with E-state index in [9.17, 15) is 24.3 Å². The maximum Gasteiger partial charge on any atom is 0.328 e. The zero-order valence-electron chi connectivity index (χ0n) is 16.1. The van der Waals surface area contributed by atoms with Crippen LogP contribution in [0.1, 0.15) is 33.1 Å². The third-order valence-corrected chi connectivity index (χ3v) is 4.49. The number of carboxylic acid groups (broad SMARTS) is 1. The first-order chi connectivity index (χ1) is 13.1. The Morgan fingerprint density at radius 1 is 1.11 bits per heavy atom. The fourth-order valence-electron chi connectivity index (χ4n) is 3.04. The van der Waals surface area contributed by atoms with Crippen LogP contribution in [-0.2, 0) is 19.2 Å². The molecule has 1 rings (SSSR count). The molecule has 0 spiro atoms. The third-order valence-electron chi connectivity index (χ3n) is 4.49. The van der Waals surface area contributed by atoms with Crippen LogP contribution in [0.25, 0.3) is 0 Å². The van der Waals surface area contributed by atoms with Crippen LogP contribution in [0.4, 0.5) is 0 Å². The summed E-state index contributed by atoms with van der Waals surface area (Å²) in [7, 11) is 0. The van der Waals surface area contributed by atoms with E-state index in [2.05, 4.69) is 10.6 Å². The molecule has 7 N–H and O–H groups in total. The average molecular weight is 402 g/mol. The quantitative estimate of drug-likeness (QED) is 0.230. The molecule has 0 radical (unpaired) electrons. The molecule has 3 amide bonds. The fraction of sp³-hybridized carbons (Fsp3) is 0.765. The van der Waals surface area contributed by atoms with Gasteiger partial charge in [0.05, 0.1) is 19.3 Å². The summed E-state index contributed by atoms with van der Waals surface area (Å²) in [4.78, 5) is 49.4. The van der Waals surface area contributed by atoms with Gasteiger partial charge in [-0.3, -0.25) is 14.4 Å². The molecule has 4 atom stereocenters. The molecular formula is C17H30N4O7. The summed E-state index contributed by atoms with van der Waals surface area (Å²) in [6.45, 7) is 2.55. The summed E-state index contributed by atoms with van der Waals surface area (Å²) in [5.74, 6) is -3.17. The smallest absolute Gasteiger partial charge is 0.328 e. The lowest BCUT2D eigenvalue weighted by Gasteiger charge is -2.29. The molecule has 11 heteroatoms. The van der Waals surface area contributed by atoms with Crippen LogP contribution in [0.2, 0.25) is 0 Å². The van der Waals surface area contributed by atoms with Gasteiger partial charge in [-0.1, -0.05) is 13.8 Å². The Hall–Kier alpha value is -2.24. The highest BCUT2D eigenvalue weighted by atomic mass is 16.4. The number of aliphatic carboxylic acids is 1. The predicted molar refractivity (Wildman–Crippen MR) is 97.8 cm³/mol. The van der Waals surface area contributed by atoms with Gasteiger partial charge in [-0.15, -0.1) is 0 Å². The normalized spacial score (nSPS) is 19.8. The molecule has 11 nitrogen and oxygen atoms in total. The summed E-state index contributed by atoms with van der Waals surface area (Å²) in [5, 5.41) is 32.1. The number of carbonyl (C=O) groups is 4. The van der Waals surface area contributed by atoms with Crippen molar-refractivity contribution in [3.05, 3.63) is 0 Å². The molecule has 160 valence electrons. The van der Waals surface area contributed by atoms with Crippen LogP contribution < -0.4 is 16.4 Å². The first-order valence-corrected chi connectivity index (χ1v) is 9.23. The monoisotopic (exact) mass is 402 g/mol. The van der Waals surface area contributed by atoms with E-state index in [4.69, 9.17) is 15.9 Å². The van der Waals surface area contributed by atoms with Crippen molar-refractivity contribution >= 4 is 23.7 Å². The second-order valence-corrected chi connectivity index (χ2v) is 7.25. The van der Waals surface area contributed by atoms with E-state index in [1.54, 1.807) is 0 Å². The van der Waals surface area contributed by atoms with E-state index in [-0.39, 0.29) is 12.5 Å². The van der Waals surface area contributed by atoms with Crippen molar-refractivity contribution in [1.82, 2.24) is 15.5 Å². The van der Waals surface area contributed by atoms with Gasteiger partial charge in [0, 0.05) is 6.54 Å². The Kier molecular flexibility index (Phi) is 9.29. The number of rotatable bonds is 10. The molecule has 4 unspecified atom stereocenters. The average Bonchev–Trinajstić information content (AvgIpc) is 3.12. The van der Waals surface area contributed by atoms with E-state index in [1.807, 2.05) is 13.8 Å². The van der Waals surface area contributed by atoms with Gasteiger partial charge in [0.25, 0.3) is 0 Å². The standard InChI is InChI=1S/C17H30N4O7/c1-9(2)6-10(18)14(24)19-11(7-22)16(26)21-5-3-4-13(21)15(25)20-12(8-23)17(27)28/h9-13,22-23H,3-8,18H2,1-2H3,(H,19,24)(H,20,25)(H,27,28). The highest BCUT2D eigenvalue weighted by molar-refractivity contribution is 5.94. The van der Waals surface area contributed by atoms with Crippen molar-refractivity contribution in [1.29, 1.82) is 0 Å². The van der Waals surface area contributed by atoms with Crippen molar-refractivity contribution in [2.75, 3.05) is 19.8 Å². The van der Waals surface area contributed by atoms with E-state index in [0.717, 1.165) is 0 Å². The van der Waals surface area contributed by atoms with Crippen LogP contribution in [0.15, 0.2) is 0 Å². The van der Waals surface area contributed by atoms with Gasteiger partial charge in [-0.25, -0.2) is 4.79 Å². The van der Waals surface area contributed by atoms with Crippen LogP contribution >= 0.6 is 0 Å². The number of carboxylic acids is 1. The third kappa shape index (κ3) is 6.43. The molecule has 1 aliphatic heterocycles. The SMILES string of the molecule is CC(C)CC(N)C(=O)NC(CO)C(=O)N1CCCC1C(=O)NC(CO)C(=O)O. The zero-order valence-corrected chi connectivity index (χ0v) is 16.1. The lowest BCUT2D eigenvalue weighted by atomic mass is 10.0. The van der Waals surface area contributed by atoms with Gasteiger partial charge in [-0.2, -0.15) is 0 Å². The minimum Gasteiger partial charge on any atom is -0.480 e. The Bertz CT molecular complexity index is 584. The molecule has 0 aromatic heterocycles. The lowest BCUT2D eigenvalue weighted by molar-refractivity contribution is -0.146. The van der Waals surface area contributed by atoms with Crippen molar-refractivity contribution < 1.29 is 34.5 Å². The fourth-order valence-corrected chi connectivity index (χ4v) is 3.04. The topological polar surface area (TPSA) is 182 Å². The highest BCUT2D eigenvalue weighted by Crippen LogP contribution is 2.19. The van der Waals surface area contributed by atoms with Gasteiger partial charge in [0.15, 0.2) is 0 Å². The van der Waals surface area contributed by atoms with E-state index in [1.165, 1.54) is 4.90 Å². The Morgan fingerprint density at radius 2 is 1.71 bits per heavy atom. The molecule has 1 fully saturated rings. The predicted octanol–water partition coefficient (Wildman–Crippen LogP) is -2.61. The minimum atomic E-state index is -1.48. The number of nitrogens with one attached hydrogen (secondary N) is 2. The number of nitrogens with zero attached hydrogens (tertiary/aromatic N) is 1. The van der Waals surface area contributed by atoms with Gasteiger partial charge in [0.2, 0.25) is 17.7 Å². The van der Waals surface area contributed by atoms with Gasteiger partial charge >= 0.3 is 5.97 Å². The number of nitrogens with two attached hydrogens (primary N) is 1. The number of carbonyl (C=O) groups excluding carboxylic acids is 3. The number of hydrogen-bond donors (Lipinski definition) is 6. The second kappa shape index (κ2) is 10.9. The molecular weight excluding hydrogens is 372 g/mol. The van der Waals surface area contributed by atoms with E-state index >= 15 is 0 Å². The van der Waals surface area contributed by atoms with Crippen molar-refractivity contribution in [2.24, 2.45) is 11.7 Å². The molecule has 0 aromatic rings. The summed E-state index contributed by atoms with van der Waals surface area (Å²) in [6, 6.07) is -4.52. The highest BCUT2D eigenvalue weighted by Gasteiger charge is 2.38. The molecule has 28 heavy (non-hydrogen) atoms. The summed E-state index contributed by atoms with van der Waals surface area (Å²) in [6.07, 6.45) is 1.21. The largest absolute Gasteiger partial charge is 0.480 e. The maximum atomic E-state index is 12.7. The second-order valence-electron chi connectivity index (χ2n) is 7.25. The molecule has 0 aromatic carbocycles. The van der Waals surface area contributed by atoms with Gasteiger partial charge in [-0.05, 0) is 25.2 Å². The lowest BCUT2D eigenvalue weighted by Crippen LogP contribution is -2.58. The van der Waals surface area contributed by atoms with Crippen LogP contribution in [0, 0.1) is 5.92 Å². The number of likely N-dealkylation sites (tertiary alicyclic amines) is 1. The van der Waals surface area contributed by atoms with E-state index in [0.29, 0.717) is 19.3 Å². The van der Waals surface area contributed by atoms with Crippen molar-refractivity contribution in [2.45, 2.75) is 57.3 Å². The Labute approximate surface area is 163 Å². The molecule has 0 saturated carbocycles. The van der Waals surface area contributed by atoms with Crippen LogP contribution in [0.3, 0.4) is 0 Å². The van der Waals surface area contributed by atoms with Crippen LogP contribution in [-0.4, -0.2) is 87.8 Å². The zero-order chi connectivity index (χ0) is 21.4. The van der Waals surface area contributed by atoms with Crippen molar-refractivity contribution in [3.8, 4) is 0 Å². The summed E-state index contributed by atoms with van der Waals surface area (Å²) >= 11 is 0. The molecule has 1 aliphatic rings. The summed E-state index contributed by atoms with van der Waals surface area (Å²) < 4.78 is 0. The Balaban J connectivity index is 2.79. The molecule has 1 saturated heterocycles.